The zero-order chi connectivity index (χ0) is 34.7. The number of amides is 3. The van der Waals surface area contributed by atoms with E-state index in [2.05, 4.69) is 5.32 Å². The van der Waals surface area contributed by atoms with Crippen LogP contribution in [-0.4, -0.2) is 34.9 Å². The van der Waals surface area contributed by atoms with Crippen LogP contribution in [0.25, 0.3) is 0 Å². The highest BCUT2D eigenvalue weighted by molar-refractivity contribution is 5.91. The molecule has 0 aliphatic carbocycles. The molecule has 254 valence electrons. The molecule has 3 N–H and O–H groups in total. The van der Waals surface area contributed by atoms with Gasteiger partial charge in [-0.3, -0.25) is 14.5 Å². The summed E-state index contributed by atoms with van der Waals surface area (Å²) < 4.78 is 18.0. The molecule has 1 aliphatic heterocycles. The number of nitrogens with two attached hydrogens (primary N) is 1. The van der Waals surface area contributed by atoms with E-state index in [4.69, 9.17) is 19.9 Å². The van der Waals surface area contributed by atoms with E-state index in [0.717, 1.165) is 27.8 Å². The maximum absolute atomic E-state index is 13.9. The number of ether oxygens (including phenoxy) is 3. The van der Waals surface area contributed by atoms with E-state index in [-0.39, 0.29) is 26.0 Å². The lowest BCUT2D eigenvalue weighted by atomic mass is 9.93. The number of hydrogen-bond acceptors (Lipinski definition) is 6. The molecule has 0 saturated heterocycles. The molecule has 0 spiro atoms. The van der Waals surface area contributed by atoms with Crippen molar-refractivity contribution in [2.24, 2.45) is 5.73 Å². The molecule has 50 heavy (non-hydrogen) atoms. The Balaban J connectivity index is 1.18. The monoisotopic (exact) mass is 669 g/mol. The molecular formula is C41H39N3O6. The summed E-state index contributed by atoms with van der Waals surface area (Å²) in [5.74, 6) is -0.168. The van der Waals surface area contributed by atoms with Crippen LogP contribution in [-0.2, 0) is 53.5 Å². The number of hydrogen-bond donors (Lipinski definition) is 2. The minimum absolute atomic E-state index is 0.0653. The van der Waals surface area contributed by atoms with Gasteiger partial charge < -0.3 is 25.3 Å². The van der Waals surface area contributed by atoms with Crippen molar-refractivity contribution in [2.45, 2.75) is 51.3 Å². The highest BCUT2D eigenvalue weighted by Crippen LogP contribution is 2.31. The topological polar surface area (TPSA) is 120 Å². The third-order valence-corrected chi connectivity index (χ3v) is 8.57. The fourth-order valence-electron chi connectivity index (χ4n) is 5.86. The summed E-state index contributed by atoms with van der Waals surface area (Å²) in [6, 6.07) is 40.0. The van der Waals surface area contributed by atoms with Crippen molar-refractivity contribution in [3.8, 4) is 11.5 Å². The van der Waals surface area contributed by atoms with Crippen LogP contribution in [0.5, 0.6) is 11.5 Å². The second kappa shape index (κ2) is 16.3. The van der Waals surface area contributed by atoms with E-state index < -0.39 is 30.0 Å². The fraction of sp³-hybridized carbons (Fsp3) is 0.195. The van der Waals surface area contributed by atoms with E-state index in [1.54, 1.807) is 12.1 Å². The predicted octanol–water partition coefficient (Wildman–Crippen LogP) is 6.12. The molecule has 0 aromatic heterocycles. The summed E-state index contributed by atoms with van der Waals surface area (Å²) in [6.45, 7) is 0.906. The average Bonchev–Trinajstić information content (AvgIpc) is 3.16. The van der Waals surface area contributed by atoms with Gasteiger partial charge in [0, 0.05) is 12.8 Å². The summed E-state index contributed by atoms with van der Waals surface area (Å²) in [5.41, 5.74) is 11.2. The number of benzene rings is 5. The molecule has 2 atom stereocenters. The second-order valence-corrected chi connectivity index (χ2v) is 12.2. The van der Waals surface area contributed by atoms with Crippen LogP contribution in [0.3, 0.4) is 0 Å². The third-order valence-electron chi connectivity index (χ3n) is 8.57. The number of carbonyl (C=O) groups excluding carboxylic acids is 3. The summed E-state index contributed by atoms with van der Waals surface area (Å²) in [7, 11) is 0. The Morgan fingerprint density at radius 3 is 1.80 bits per heavy atom. The number of carbonyl (C=O) groups is 3. The van der Waals surface area contributed by atoms with Gasteiger partial charge in [0.05, 0.1) is 6.54 Å². The Labute approximate surface area is 291 Å². The molecule has 0 bridgehead atoms. The lowest BCUT2D eigenvalue weighted by Crippen LogP contribution is -2.56. The fourth-order valence-corrected chi connectivity index (χ4v) is 5.86. The quantitative estimate of drug-likeness (QED) is 0.156. The van der Waals surface area contributed by atoms with Crippen molar-refractivity contribution in [1.29, 1.82) is 0 Å². The maximum atomic E-state index is 13.9. The molecule has 3 amide bonds. The first-order valence-electron chi connectivity index (χ1n) is 16.5. The zero-order valence-corrected chi connectivity index (χ0v) is 27.6. The Hall–Kier alpha value is -6.09. The van der Waals surface area contributed by atoms with Gasteiger partial charge in [-0.2, -0.15) is 0 Å². The molecule has 1 heterocycles. The van der Waals surface area contributed by atoms with Gasteiger partial charge in [0.1, 0.15) is 31.9 Å². The van der Waals surface area contributed by atoms with Crippen LogP contribution in [0.2, 0.25) is 0 Å². The summed E-state index contributed by atoms with van der Waals surface area (Å²) >= 11 is 0. The van der Waals surface area contributed by atoms with Crippen LogP contribution in [0.1, 0.15) is 33.4 Å². The van der Waals surface area contributed by atoms with E-state index in [1.807, 2.05) is 121 Å². The van der Waals surface area contributed by atoms with Gasteiger partial charge in [-0.1, -0.05) is 121 Å². The molecule has 0 radical (unpaired) electrons. The number of fused-ring (bicyclic) bond motifs is 1. The standard InChI is InChI=1S/C41H39N3O6/c42-39(45)35(22-32-20-21-37(48-26-29-12-4-1-5-13-29)38(23-32)49-27-30-14-6-2-7-15-30)43-40(46)36-24-33-18-10-11-19-34(33)25-44(36)41(47)50-28-31-16-8-3-9-17-31/h1-21,23,35-36H,22,24-28H2,(H2,42,45)(H,43,46)/t35-,36-/m0/s1. The van der Waals surface area contributed by atoms with E-state index in [9.17, 15) is 14.4 Å². The van der Waals surface area contributed by atoms with Gasteiger partial charge in [0.25, 0.3) is 0 Å². The van der Waals surface area contributed by atoms with Gasteiger partial charge in [-0.05, 0) is 45.5 Å². The molecule has 5 aromatic rings. The van der Waals surface area contributed by atoms with Crippen LogP contribution >= 0.6 is 0 Å². The maximum Gasteiger partial charge on any atom is 0.411 e. The Morgan fingerprint density at radius 2 is 1.20 bits per heavy atom. The van der Waals surface area contributed by atoms with Gasteiger partial charge in [0.2, 0.25) is 11.8 Å². The van der Waals surface area contributed by atoms with Crippen molar-refractivity contribution >= 4 is 17.9 Å². The molecule has 0 unspecified atom stereocenters. The number of rotatable bonds is 13. The number of nitrogens with zero attached hydrogens (tertiary/aromatic N) is 1. The minimum Gasteiger partial charge on any atom is -0.485 e. The minimum atomic E-state index is -1.06. The Morgan fingerprint density at radius 1 is 0.660 bits per heavy atom. The van der Waals surface area contributed by atoms with Gasteiger partial charge in [-0.25, -0.2) is 4.79 Å². The summed E-state index contributed by atoms with van der Waals surface area (Å²) in [6.07, 6.45) is -0.257. The van der Waals surface area contributed by atoms with E-state index in [0.29, 0.717) is 30.3 Å². The van der Waals surface area contributed by atoms with Crippen LogP contribution < -0.4 is 20.5 Å². The van der Waals surface area contributed by atoms with Gasteiger partial charge in [0.15, 0.2) is 11.5 Å². The summed E-state index contributed by atoms with van der Waals surface area (Å²) in [4.78, 5) is 41.5. The first kappa shape index (κ1) is 33.8. The lowest BCUT2D eigenvalue weighted by molar-refractivity contribution is -0.131. The first-order valence-corrected chi connectivity index (χ1v) is 16.5. The molecule has 0 saturated carbocycles. The van der Waals surface area contributed by atoms with E-state index >= 15 is 0 Å². The third kappa shape index (κ3) is 8.87. The summed E-state index contributed by atoms with van der Waals surface area (Å²) in [5, 5.41) is 2.83. The highest BCUT2D eigenvalue weighted by atomic mass is 16.6. The van der Waals surface area contributed by atoms with Crippen molar-refractivity contribution in [3.63, 3.8) is 0 Å². The molecule has 5 aromatic carbocycles. The zero-order valence-electron chi connectivity index (χ0n) is 27.6. The van der Waals surface area contributed by atoms with Crippen molar-refractivity contribution < 1.29 is 28.6 Å². The van der Waals surface area contributed by atoms with Gasteiger partial charge >= 0.3 is 6.09 Å². The number of primary amides is 1. The van der Waals surface area contributed by atoms with Crippen molar-refractivity contribution in [1.82, 2.24) is 10.2 Å². The Kier molecular flexibility index (Phi) is 11.0. The molecule has 0 fully saturated rings. The van der Waals surface area contributed by atoms with Crippen LogP contribution in [0.4, 0.5) is 4.79 Å². The van der Waals surface area contributed by atoms with Gasteiger partial charge in [-0.15, -0.1) is 0 Å². The van der Waals surface area contributed by atoms with Crippen molar-refractivity contribution in [2.75, 3.05) is 0 Å². The van der Waals surface area contributed by atoms with Crippen LogP contribution in [0, 0.1) is 0 Å². The van der Waals surface area contributed by atoms with E-state index in [1.165, 1.54) is 4.90 Å². The number of nitrogens with one attached hydrogen (secondary N) is 1. The lowest BCUT2D eigenvalue weighted by Gasteiger charge is -2.35. The molecule has 9 heteroatoms. The van der Waals surface area contributed by atoms with Crippen LogP contribution in [0.15, 0.2) is 133 Å². The normalized spacial score (nSPS) is 14.2. The van der Waals surface area contributed by atoms with Crippen molar-refractivity contribution in [3.05, 3.63) is 167 Å². The smallest absolute Gasteiger partial charge is 0.411 e. The predicted molar refractivity (Wildman–Crippen MR) is 189 cm³/mol. The SMILES string of the molecule is NC(=O)[C@H](Cc1ccc(OCc2ccccc2)c(OCc2ccccc2)c1)NC(=O)[C@@H]1Cc2ccccc2CN1C(=O)OCc1ccccc1. The molecular weight excluding hydrogens is 630 g/mol. The largest absolute Gasteiger partial charge is 0.485 e. The average molecular weight is 670 g/mol. The second-order valence-electron chi connectivity index (χ2n) is 12.2. The first-order chi connectivity index (χ1) is 24.4. The molecule has 9 nitrogen and oxygen atoms in total. The Bertz CT molecular complexity index is 1900. The highest BCUT2D eigenvalue weighted by Gasteiger charge is 2.37. The molecule has 6 rings (SSSR count). The molecule has 1 aliphatic rings.